The molecule has 0 spiro atoms. The van der Waals surface area contributed by atoms with Crippen LogP contribution in [0.4, 0.5) is 0 Å². The summed E-state index contributed by atoms with van der Waals surface area (Å²) in [6.45, 7) is 0. The summed E-state index contributed by atoms with van der Waals surface area (Å²) >= 11 is 0. The van der Waals surface area contributed by atoms with E-state index in [1.54, 1.807) is 0 Å². The molecule has 72 valence electrons. The smallest absolute Gasteiger partial charge is 0.305 e. The Morgan fingerprint density at radius 2 is 2.00 bits per heavy atom. The van der Waals surface area contributed by atoms with Gasteiger partial charge >= 0.3 is 5.97 Å². The first-order valence-corrected chi connectivity index (χ1v) is 4.71. The molecule has 0 aromatic carbocycles. The van der Waals surface area contributed by atoms with Gasteiger partial charge in [0.15, 0.2) is 0 Å². The first-order valence-electron chi connectivity index (χ1n) is 4.71. The largest absolute Gasteiger partial charge is 0.469 e. The van der Waals surface area contributed by atoms with Crippen LogP contribution in [0.1, 0.15) is 25.7 Å². The summed E-state index contributed by atoms with van der Waals surface area (Å²) in [4.78, 5) is 10.9. The quantitative estimate of drug-likeness (QED) is 0.624. The van der Waals surface area contributed by atoms with Crippen molar-refractivity contribution in [3.05, 3.63) is 24.3 Å². The van der Waals surface area contributed by atoms with E-state index in [1.807, 2.05) is 0 Å². The van der Waals surface area contributed by atoms with E-state index in [1.165, 1.54) is 7.11 Å². The lowest BCUT2D eigenvalue weighted by Gasteiger charge is -2.10. The van der Waals surface area contributed by atoms with Gasteiger partial charge in [-0.1, -0.05) is 24.3 Å². The Bertz CT molecular complexity index is 202. The molecule has 0 N–H and O–H groups in total. The minimum atomic E-state index is -0.0998. The van der Waals surface area contributed by atoms with E-state index in [9.17, 15) is 4.79 Å². The predicted molar refractivity (Wildman–Crippen MR) is 52.3 cm³/mol. The summed E-state index contributed by atoms with van der Waals surface area (Å²) in [6.07, 6.45) is 12.1. The normalized spacial score (nSPS) is 17.0. The second kappa shape index (κ2) is 5.57. The molecular weight excluding hydrogens is 164 g/mol. The molecule has 0 amide bonds. The summed E-state index contributed by atoms with van der Waals surface area (Å²) in [7, 11) is 1.44. The monoisotopic (exact) mass is 180 g/mol. The molecule has 0 saturated carbocycles. The molecule has 0 aromatic rings. The lowest BCUT2D eigenvalue weighted by Crippen LogP contribution is -2.05. The summed E-state index contributed by atoms with van der Waals surface area (Å²) in [6, 6.07) is 0. The zero-order valence-corrected chi connectivity index (χ0v) is 8.03. The molecule has 1 aliphatic carbocycles. The van der Waals surface area contributed by atoms with E-state index in [0.717, 1.165) is 19.3 Å². The fourth-order valence-corrected chi connectivity index (χ4v) is 1.46. The Labute approximate surface area is 79.3 Å². The molecule has 0 radical (unpaired) electrons. The molecule has 2 heteroatoms. The van der Waals surface area contributed by atoms with Gasteiger partial charge in [0.1, 0.15) is 0 Å². The standard InChI is InChI=1S/C11H16O2/c1-13-11(12)9-8-10-6-4-2-3-5-7-10/h2-5,10H,6-9H2,1H3. The topological polar surface area (TPSA) is 26.3 Å². The van der Waals surface area contributed by atoms with Crippen molar-refractivity contribution in [2.45, 2.75) is 25.7 Å². The summed E-state index contributed by atoms with van der Waals surface area (Å²) in [5.41, 5.74) is 0. The Morgan fingerprint density at radius 3 is 2.54 bits per heavy atom. The van der Waals surface area contributed by atoms with Gasteiger partial charge < -0.3 is 4.74 Å². The molecule has 2 nitrogen and oxygen atoms in total. The van der Waals surface area contributed by atoms with Gasteiger partial charge in [0, 0.05) is 6.42 Å². The molecule has 0 atom stereocenters. The van der Waals surface area contributed by atoms with E-state index >= 15 is 0 Å². The van der Waals surface area contributed by atoms with Gasteiger partial charge in [-0.25, -0.2) is 0 Å². The van der Waals surface area contributed by atoms with Crippen LogP contribution in [0, 0.1) is 5.92 Å². The maximum atomic E-state index is 10.9. The number of allylic oxidation sites excluding steroid dienone is 4. The fourth-order valence-electron chi connectivity index (χ4n) is 1.46. The Morgan fingerprint density at radius 1 is 1.38 bits per heavy atom. The minimum absolute atomic E-state index is 0.0998. The maximum absolute atomic E-state index is 10.9. The Hall–Kier alpha value is -1.05. The lowest BCUT2D eigenvalue weighted by molar-refractivity contribution is -0.140. The molecule has 0 bridgehead atoms. The molecule has 0 heterocycles. The van der Waals surface area contributed by atoms with E-state index < -0.39 is 0 Å². The van der Waals surface area contributed by atoms with Crippen molar-refractivity contribution >= 4 is 5.97 Å². The second-order valence-corrected chi connectivity index (χ2v) is 3.31. The van der Waals surface area contributed by atoms with Gasteiger partial charge in [-0.15, -0.1) is 0 Å². The van der Waals surface area contributed by atoms with Gasteiger partial charge in [0.05, 0.1) is 7.11 Å². The lowest BCUT2D eigenvalue weighted by atomic mass is 9.97. The van der Waals surface area contributed by atoms with Crippen molar-refractivity contribution in [2.24, 2.45) is 5.92 Å². The minimum Gasteiger partial charge on any atom is -0.469 e. The van der Waals surface area contributed by atoms with Crippen molar-refractivity contribution in [3.8, 4) is 0 Å². The molecular formula is C11H16O2. The van der Waals surface area contributed by atoms with Crippen LogP contribution >= 0.6 is 0 Å². The molecule has 0 aromatic heterocycles. The number of hydrogen-bond acceptors (Lipinski definition) is 2. The van der Waals surface area contributed by atoms with Crippen molar-refractivity contribution in [1.29, 1.82) is 0 Å². The number of carbonyl (C=O) groups excluding carboxylic acids is 1. The number of esters is 1. The van der Waals surface area contributed by atoms with Gasteiger partial charge in [-0.3, -0.25) is 4.79 Å². The zero-order chi connectivity index (χ0) is 9.52. The number of methoxy groups -OCH3 is 1. The van der Waals surface area contributed by atoms with Crippen LogP contribution in [-0.4, -0.2) is 13.1 Å². The summed E-state index contributed by atoms with van der Waals surface area (Å²) in [5.74, 6) is 0.506. The highest BCUT2D eigenvalue weighted by atomic mass is 16.5. The molecule has 0 unspecified atom stereocenters. The van der Waals surface area contributed by atoms with Crippen LogP contribution < -0.4 is 0 Å². The summed E-state index contributed by atoms with van der Waals surface area (Å²) in [5, 5.41) is 0. The number of hydrogen-bond donors (Lipinski definition) is 0. The highest BCUT2D eigenvalue weighted by Gasteiger charge is 2.09. The molecule has 1 rings (SSSR count). The van der Waals surface area contributed by atoms with Gasteiger partial charge in [0.25, 0.3) is 0 Å². The van der Waals surface area contributed by atoms with Crippen LogP contribution in [0.5, 0.6) is 0 Å². The van der Waals surface area contributed by atoms with Crippen LogP contribution in [0.3, 0.4) is 0 Å². The van der Waals surface area contributed by atoms with Crippen molar-refractivity contribution in [2.75, 3.05) is 7.11 Å². The first-order chi connectivity index (χ1) is 6.33. The van der Waals surface area contributed by atoms with E-state index in [0.29, 0.717) is 12.3 Å². The maximum Gasteiger partial charge on any atom is 0.305 e. The second-order valence-electron chi connectivity index (χ2n) is 3.31. The molecule has 0 saturated heterocycles. The van der Waals surface area contributed by atoms with Crippen LogP contribution in [0.15, 0.2) is 24.3 Å². The van der Waals surface area contributed by atoms with E-state index in [-0.39, 0.29) is 5.97 Å². The summed E-state index contributed by atoms with van der Waals surface area (Å²) < 4.78 is 4.60. The Kier molecular flexibility index (Phi) is 4.30. The van der Waals surface area contributed by atoms with E-state index in [4.69, 9.17) is 0 Å². The number of carbonyl (C=O) groups is 1. The third-order valence-corrected chi connectivity index (χ3v) is 2.31. The van der Waals surface area contributed by atoms with Crippen molar-refractivity contribution < 1.29 is 9.53 Å². The van der Waals surface area contributed by atoms with Gasteiger partial charge in [-0.2, -0.15) is 0 Å². The number of ether oxygens (including phenoxy) is 1. The average Bonchev–Trinajstić information content (AvgIpc) is 2.42. The fraction of sp³-hybridized carbons (Fsp3) is 0.545. The van der Waals surface area contributed by atoms with Gasteiger partial charge in [-0.05, 0) is 25.2 Å². The van der Waals surface area contributed by atoms with Gasteiger partial charge in [0.2, 0.25) is 0 Å². The molecule has 1 aliphatic rings. The highest BCUT2D eigenvalue weighted by Crippen LogP contribution is 2.19. The predicted octanol–water partition coefficient (Wildman–Crippen LogP) is 2.46. The molecule has 0 fully saturated rings. The molecule has 13 heavy (non-hydrogen) atoms. The highest BCUT2D eigenvalue weighted by molar-refractivity contribution is 5.69. The van der Waals surface area contributed by atoms with Crippen molar-refractivity contribution in [3.63, 3.8) is 0 Å². The van der Waals surface area contributed by atoms with Crippen LogP contribution in [0.2, 0.25) is 0 Å². The van der Waals surface area contributed by atoms with E-state index in [2.05, 4.69) is 29.0 Å². The average molecular weight is 180 g/mol. The van der Waals surface area contributed by atoms with Crippen molar-refractivity contribution in [1.82, 2.24) is 0 Å². The first kappa shape index (κ1) is 10.0. The van der Waals surface area contributed by atoms with Crippen LogP contribution in [0.25, 0.3) is 0 Å². The third-order valence-electron chi connectivity index (χ3n) is 2.31. The van der Waals surface area contributed by atoms with Crippen LogP contribution in [-0.2, 0) is 9.53 Å². The SMILES string of the molecule is COC(=O)CCC1CC=CC=CC1. The molecule has 0 aliphatic heterocycles. The number of rotatable bonds is 3. The Balaban J connectivity index is 2.24. The third kappa shape index (κ3) is 3.92. The zero-order valence-electron chi connectivity index (χ0n) is 8.03.